The summed E-state index contributed by atoms with van der Waals surface area (Å²) >= 11 is 3.27. The first-order valence-electron chi connectivity index (χ1n) is 4.50. The fourth-order valence-electron chi connectivity index (χ4n) is 1.06. The van der Waals surface area contributed by atoms with E-state index in [-0.39, 0.29) is 5.91 Å². The van der Waals surface area contributed by atoms with E-state index in [1.54, 1.807) is 12.3 Å². The third kappa shape index (κ3) is 3.51. The zero-order valence-corrected chi connectivity index (χ0v) is 9.65. The Bertz CT molecular complexity index is 298. The lowest BCUT2D eigenvalue weighted by atomic mass is 10.3. The van der Waals surface area contributed by atoms with Gasteiger partial charge in [0.05, 0.1) is 0 Å². The van der Waals surface area contributed by atoms with Crippen LogP contribution < -0.4 is 10.6 Å². The minimum absolute atomic E-state index is 0.0631. The van der Waals surface area contributed by atoms with Gasteiger partial charge in [-0.1, -0.05) is 0 Å². The number of hydrogen-bond donors (Lipinski definition) is 3. The van der Waals surface area contributed by atoms with Crippen molar-refractivity contribution in [1.82, 2.24) is 15.6 Å². The van der Waals surface area contributed by atoms with Crippen LogP contribution in [0, 0.1) is 0 Å². The monoisotopic (exact) mass is 259 g/mol. The first-order chi connectivity index (χ1) is 6.74. The summed E-state index contributed by atoms with van der Waals surface area (Å²) in [6, 6.07) is 1.76. The van der Waals surface area contributed by atoms with Gasteiger partial charge in [-0.3, -0.25) is 4.79 Å². The van der Waals surface area contributed by atoms with Gasteiger partial charge in [0.25, 0.3) is 5.91 Å². The van der Waals surface area contributed by atoms with E-state index < -0.39 is 0 Å². The topological polar surface area (TPSA) is 56.9 Å². The number of aromatic amines is 1. The van der Waals surface area contributed by atoms with Crippen molar-refractivity contribution in [3.8, 4) is 0 Å². The van der Waals surface area contributed by atoms with E-state index in [0.717, 1.165) is 17.4 Å². The predicted octanol–water partition coefficient (Wildman–Crippen LogP) is 1.12. The second kappa shape index (κ2) is 5.82. The van der Waals surface area contributed by atoms with E-state index in [1.807, 2.05) is 7.05 Å². The standard InChI is InChI=1S/C9H14BrN3O/c1-11-3-2-4-12-9(14)8-5-7(10)6-13-8/h5-6,11,13H,2-4H2,1H3,(H,12,14). The van der Waals surface area contributed by atoms with E-state index in [1.165, 1.54) is 0 Å². The van der Waals surface area contributed by atoms with Crippen LogP contribution in [0.1, 0.15) is 16.9 Å². The number of nitrogens with one attached hydrogen (secondary N) is 3. The summed E-state index contributed by atoms with van der Waals surface area (Å²) < 4.78 is 0.887. The van der Waals surface area contributed by atoms with Crippen LogP contribution in [0.5, 0.6) is 0 Å². The molecule has 4 nitrogen and oxygen atoms in total. The van der Waals surface area contributed by atoms with Crippen molar-refractivity contribution >= 4 is 21.8 Å². The number of amides is 1. The van der Waals surface area contributed by atoms with E-state index in [0.29, 0.717) is 12.2 Å². The lowest BCUT2D eigenvalue weighted by Gasteiger charge is -2.02. The van der Waals surface area contributed by atoms with Crippen molar-refractivity contribution in [3.05, 3.63) is 22.4 Å². The van der Waals surface area contributed by atoms with Gasteiger partial charge in [-0.05, 0) is 42.0 Å². The van der Waals surface area contributed by atoms with Crippen LogP contribution in [-0.4, -0.2) is 31.0 Å². The highest BCUT2D eigenvalue weighted by Gasteiger charge is 2.05. The van der Waals surface area contributed by atoms with E-state index in [4.69, 9.17) is 0 Å². The molecule has 0 aromatic carbocycles. The highest BCUT2D eigenvalue weighted by Crippen LogP contribution is 2.09. The smallest absolute Gasteiger partial charge is 0.267 e. The molecule has 0 unspecified atom stereocenters. The molecule has 0 aliphatic rings. The molecular formula is C9H14BrN3O. The Morgan fingerprint density at radius 2 is 2.36 bits per heavy atom. The van der Waals surface area contributed by atoms with Gasteiger partial charge < -0.3 is 15.6 Å². The maximum atomic E-state index is 11.4. The van der Waals surface area contributed by atoms with Crippen LogP contribution in [0.3, 0.4) is 0 Å². The average Bonchev–Trinajstić information content (AvgIpc) is 2.59. The molecule has 0 spiro atoms. The van der Waals surface area contributed by atoms with Crippen LogP contribution in [0.2, 0.25) is 0 Å². The normalized spacial score (nSPS) is 10.1. The zero-order valence-electron chi connectivity index (χ0n) is 8.06. The molecule has 78 valence electrons. The second-order valence-electron chi connectivity index (χ2n) is 2.94. The van der Waals surface area contributed by atoms with Gasteiger partial charge in [-0.15, -0.1) is 0 Å². The van der Waals surface area contributed by atoms with Gasteiger partial charge >= 0.3 is 0 Å². The Kier molecular flexibility index (Phi) is 4.69. The maximum Gasteiger partial charge on any atom is 0.267 e. The highest BCUT2D eigenvalue weighted by atomic mass is 79.9. The van der Waals surface area contributed by atoms with Gasteiger partial charge in [0.2, 0.25) is 0 Å². The van der Waals surface area contributed by atoms with Crippen LogP contribution >= 0.6 is 15.9 Å². The fraction of sp³-hybridized carbons (Fsp3) is 0.444. The van der Waals surface area contributed by atoms with Gasteiger partial charge in [0.15, 0.2) is 0 Å². The minimum atomic E-state index is -0.0631. The summed E-state index contributed by atoms with van der Waals surface area (Å²) in [5, 5.41) is 5.83. The second-order valence-corrected chi connectivity index (χ2v) is 3.86. The highest BCUT2D eigenvalue weighted by molar-refractivity contribution is 9.10. The molecule has 1 amide bonds. The van der Waals surface area contributed by atoms with Crippen molar-refractivity contribution in [3.63, 3.8) is 0 Å². The molecule has 0 bridgehead atoms. The third-order valence-electron chi connectivity index (χ3n) is 1.78. The SMILES string of the molecule is CNCCCNC(=O)c1cc(Br)c[nH]1. The van der Waals surface area contributed by atoms with Crippen LogP contribution in [0.4, 0.5) is 0 Å². The Labute approximate surface area is 91.6 Å². The molecular weight excluding hydrogens is 246 g/mol. The summed E-state index contributed by atoms with van der Waals surface area (Å²) in [7, 11) is 1.89. The summed E-state index contributed by atoms with van der Waals surface area (Å²) in [6.07, 6.45) is 2.67. The summed E-state index contributed by atoms with van der Waals surface area (Å²) in [5.74, 6) is -0.0631. The fourth-order valence-corrected chi connectivity index (χ4v) is 1.40. The van der Waals surface area contributed by atoms with E-state index in [9.17, 15) is 4.79 Å². The van der Waals surface area contributed by atoms with Gasteiger partial charge in [-0.2, -0.15) is 0 Å². The first-order valence-corrected chi connectivity index (χ1v) is 5.30. The summed E-state index contributed by atoms with van der Waals surface area (Å²) in [5.41, 5.74) is 0.585. The van der Waals surface area contributed by atoms with Crippen molar-refractivity contribution in [1.29, 1.82) is 0 Å². The molecule has 3 N–H and O–H groups in total. The average molecular weight is 260 g/mol. The van der Waals surface area contributed by atoms with E-state index >= 15 is 0 Å². The number of aromatic nitrogens is 1. The number of carbonyl (C=O) groups excluding carboxylic acids is 1. The Morgan fingerprint density at radius 3 is 2.93 bits per heavy atom. The Morgan fingerprint density at radius 1 is 1.57 bits per heavy atom. The van der Waals surface area contributed by atoms with Gasteiger partial charge in [0.1, 0.15) is 5.69 Å². The number of rotatable bonds is 5. The van der Waals surface area contributed by atoms with Crippen molar-refractivity contribution in [2.75, 3.05) is 20.1 Å². The molecule has 0 saturated carbocycles. The number of halogens is 1. The number of hydrogen-bond acceptors (Lipinski definition) is 2. The Balaban J connectivity index is 2.29. The predicted molar refractivity (Wildman–Crippen MR) is 59.4 cm³/mol. The lowest BCUT2D eigenvalue weighted by Crippen LogP contribution is -2.26. The molecule has 0 saturated heterocycles. The van der Waals surface area contributed by atoms with Gasteiger partial charge in [-0.25, -0.2) is 0 Å². The minimum Gasteiger partial charge on any atom is -0.356 e. The van der Waals surface area contributed by atoms with Crippen molar-refractivity contribution in [2.24, 2.45) is 0 Å². The summed E-state index contributed by atoms with van der Waals surface area (Å²) in [6.45, 7) is 1.60. The van der Waals surface area contributed by atoms with Crippen LogP contribution in [-0.2, 0) is 0 Å². The molecule has 0 fully saturated rings. The molecule has 0 aliphatic carbocycles. The number of H-pyrrole nitrogens is 1. The molecule has 0 atom stereocenters. The molecule has 0 aliphatic heterocycles. The molecule has 1 heterocycles. The van der Waals surface area contributed by atoms with Crippen LogP contribution in [0.15, 0.2) is 16.7 Å². The third-order valence-corrected chi connectivity index (χ3v) is 2.24. The molecule has 14 heavy (non-hydrogen) atoms. The van der Waals surface area contributed by atoms with Gasteiger partial charge in [0, 0.05) is 17.2 Å². The summed E-state index contributed by atoms with van der Waals surface area (Å²) in [4.78, 5) is 14.3. The van der Waals surface area contributed by atoms with Crippen LogP contribution in [0.25, 0.3) is 0 Å². The zero-order chi connectivity index (χ0) is 10.4. The first kappa shape index (κ1) is 11.3. The Hall–Kier alpha value is -0.810. The maximum absolute atomic E-state index is 11.4. The molecule has 0 radical (unpaired) electrons. The van der Waals surface area contributed by atoms with Crippen molar-refractivity contribution < 1.29 is 4.79 Å². The molecule has 1 rings (SSSR count). The largest absolute Gasteiger partial charge is 0.356 e. The molecule has 5 heteroatoms. The molecule has 1 aromatic rings. The van der Waals surface area contributed by atoms with Crippen molar-refractivity contribution in [2.45, 2.75) is 6.42 Å². The lowest BCUT2D eigenvalue weighted by molar-refractivity contribution is 0.0949. The number of carbonyl (C=O) groups is 1. The molecule has 1 aromatic heterocycles. The van der Waals surface area contributed by atoms with E-state index in [2.05, 4.69) is 31.5 Å². The quantitative estimate of drug-likeness (QED) is 0.695.